The van der Waals surface area contributed by atoms with Crippen LogP contribution >= 0.6 is 23.2 Å². The fourth-order valence-corrected chi connectivity index (χ4v) is 3.14. The van der Waals surface area contributed by atoms with Gasteiger partial charge in [0.1, 0.15) is 6.54 Å². The van der Waals surface area contributed by atoms with Crippen molar-refractivity contribution in [1.82, 2.24) is 14.8 Å². The Morgan fingerprint density at radius 2 is 1.87 bits per heavy atom. The monoisotopic (exact) mass is 342 g/mol. The molecule has 0 saturated heterocycles. The molecule has 0 bridgehead atoms. The molecule has 0 fully saturated rings. The molecule has 0 amide bonds. The van der Waals surface area contributed by atoms with E-state index in [4.69, 9.17) is 28.2 Å². The highest BCUT2D eigenvalue weighted by atomic mass is 35.5. The highest BCUT2D eigenvalue weighted by Crippen LogP contribution is 2.28. The normalized spacial score (nSPS) is 13.0. The number of hydrogen-bond donors (Lipinski definition) is 0. The zero-order valence-electron chi connectivity index (χ0n) is 12.1. The van der Waals surface area contributed by atoms with Gasteiger partial charge in [0, 0.05) is 16.1 Å². The van der Waals surface area contributed by atoms with Crippen molar-refractivity contribution in [1.29, 1.82) is 0 Å². The Labute approximate surface area is 143 Å². The standard InChI is InChI=1S/C17H12Cl2N4/c18-9-15-21-22-16-10-20-17(11-4-2-1-3-5-11)13-8-12(19)6-7-14(13)23(15)16/h1-8H,9-10H2. The lowest BCUT2D eigenvalue weighted by atomic mass is 10.0. The number of halogens is 2. The molecular weight excluding hydrogens is 331 g/mol. The van der Waals surface area contributed by atoms with E-state index < -0.39 is 0 Å². The maximum absolute atomic E-state index is 6.24. The Kier molecular flexibility index (Phi) is 3.63. The molecule has 0 unspecified atom stereocenters. The van der Waals surface area contributed by atoms with Gasteiger partial charge in [-0.1, -0.05) is 41.9 Å². The van der Waals surface area contributed by atoms with Crippen molar-refractivity contribution >= 4 is 28.9 Å². The molecule has 1 aromatic heterocycles. The van der Waals surface area contributed by atoms with E-state index in [-0.39, 0.29) is 5.88 Å². The van der Waals surface area contributed by atoms with Crippen LogP contribution in [0.1, 0.15) is 22.8 Å². The van der Waals surface area contributed by atoms with Crippen molar-refractivity contribution < 1.29 is 0 Å². The van der Waals surface area contributed by atoms with Crippen LogP contribution in [0.5, 0.6) is 0 Å². The minimum Gasteiger partial charge on any atom is -0.280 e. The maximum atomic E-state index is 6.24. The lowest BCUT2D eigenvalue weighted by Gasteiger charge is -2.13. The predicted molar refractivity (Wildman–Crippen MR) is 91.7 cm³/mol. The van der Waals surface area contributed by atoms with Gasteiger partial charge in [-0.25, -0.2) is 0 Å². The van der Waals surface area contributed by atoms with Crippen molar-refractivity contribution in [2.75, 3.05) is 0 Å². The van der Waals surface area contributed by atoms with Crippen LogP contribution in [0.3, 0.4) is 0 Å². The minimum atomic E-state index is 0.287. The molecule has 0 N–H and O–H groups in total. The number of nitrogens with zero attached hydrogens (tertiary/aromatic N) is 4. The molecule has 0 aliphatic carbocycles. The van der Waals surface area contributed by atoms with E-state index in [0.29, 0.717) is 17.4 Å². The van der Waals surface area contributed by atoms with Crippen LogP contribution in [0, 0.1) is 0 Å². The smallest absolute Gasteiger partial charge is 0.159 e. The number of aromatic nitrogens is 3. The number of fused-ring (bicyclic) bond motifs is 3. The molecule has 0 saturated carbocycles. The molecule has 23 heavy (non-hydrogen) atoms. The molecule has 1 aliphatic rings. The molecule has 6 heteroatoms. The zero-order chi connectivity index (χ0) is 15.8. The van der Waals surface area contributed by atoms with Crippen LogP contribution in [0.25, 0.3) is 5.69 Å². The van der Waals surface area contributed by atoms with Gasteiger partial charge in [0.25, 0.3) is 0 Å². The third-order valence-electron chi connectivity index (χ3n) is 3.80. The van der Waals surface area contributed by atoms with E-state index in [1.165, 1.54) is 0 Å². The number of benzene rings is 2. The van der Waals surface area contributed by atoms with Gasteiger partial charge in [-0.15, -0.1) is 21.8 Å². The molecule has 0 spiro atoms. The largest absolute Gasteiger partial charge is 0.280 e. The summed E-state index contributed by atoms with van der Waals surface area (Å²) in [6.07, 6.45) is 0. The molecule has 2 heterocycles. The Morgan fingerprint density at radius 3 is 2.65 bits per heavy atom. The van der Waals surface area contributed by atoms with Crippen LogP contribution in [0.2, 0.25) is 5.02 Å². The van der Waals surface area contributed by atoms with E-state index in [2.05, 4.69) is 10.2 Å². The summed E-state index contributed by atoms with van der Waals surface area (Å²) in [6.45, 7) is 0.445. The highest BCUT2D eigenvalue weighted by molar-refractivity contribution is 6.31. The third-order valence-corrected chi connectivity index (χ3v) is 4.27. The Bertz CT molecular complexity index is 900. The summed E-state index contributed by atoms with van der Waals surface area (Å²) in [5.41, 5.74) is 3.84. The summed E-state index contributed by atoms with van der Waals surface area (Å²) in [6, 6.07) is 15.8. The van der Waals surface area contributed by atoms with Gasteiger partial charge in [-0.2, -0.15) is 0 Å². The number of hydrogen-bond acceptors (Lipinski definition) is 3. The number of rotatable bonds is 2. The molecule has 114 valence electrons. The zero-order valence-corrected chi connectivity index (χ0v) is 13.6. The van der Waals surface area contributed by atoms with Gasteiger partial charge in [-0.3, -0.25) is 9.56 Å². The van der Waals surface area contributed by atoms with Crippen molar-refractivity contribution in [2.24, 2.45) is 4.99 Å². The quantitative estimate of drug-likeness (QED) is 0.660. The fourth-order valence-electron chi connectivity index (χ4n) is 2.79. The van der Waals surface area contributed by atoms with Gasteiger partial charge < -0.3 is 0 Å². The van der Waals surface area contributed by atoms with Gasteiger partial charge in [0.2, 0.25) is 0 Å². The van der Waals surface area contributed by atoms with E-state index >= 15 is 0 Å². The average Bonchev–Trinajstić information content (AvgIpc) is 2.92. The molecule has 2 aromatic carbocycles. The molecular formula is C17H12Cl2N4. The SMILES string of the molecule is ClCc1nnc2n1-c1ccc(Cl)cc1C(c1ccccc1)=NC2. The van der Waals surface area contributed by atoms with Crippen LogP contribution in [-0.4, -0.2) is 20.5 Å². The molecule has 1 aliphatic heterocycles. The second kappa shape index (κ2) is 5.80. The fraction of sp³-hybridized carbons (Fsp3) is 0.118. The van der Waals surface area contributed by atoms with Gasteiger partial charge in [0.05, 0.1) is 17.3 Å². The first-order valence-corrected chi connectivity index (χ1v) is 8.08. The lowest BCUT2D eigenvalue weighted by Crippen LogP contribution is -2.09. The van der Waals surface area contributed by atoms with Crippen molar-refractivity contribution in [2.45, 2.75) is 12.4 Å². The van der Waals surface area contributed by atoms with Gasteiger partial charge >= 0.3 is 0 Å². The van der Waals surface area contributed by atoms with E-state index in [0.717, 1.165) is 28.4 Å². The maximum Gasteiger partial charge on any atom is 0.159 e. The first-order chi connectivity index (χ1) is 11.3. The molecule has 4 nitrogen and oxygen atoms in total. The first kappa shape index (κ1) is 14.4. The molecule has 3 aromatic rings. The van der Waals surface area contributed by atoms with E-state index in [1.807, 2.05) is 53.1 Å². The summed E-state index contributed by atoms with van der Waals surface area (Å²) < 4.78 is 1.97. The van der Waals surface area contributed by atoms with Crippen LogP contribution in [-0.2, 0) is 12.4 Å². The van der Waals surface area contributed by atoms with Crippen molar-refractivity contribution in [3.05, 3.63) is 76.3 Å². The number of alkyl halides is 1. The average molecular weight is 343 g/mol. The topological polar surface area (TPSA) is 43.1 Å². The second-order valence-electron chi connectivity index (χ2n) is 5.19. The van der Waals surface area contributed by atoms with Crippen molar-refractivity contribution in [3.63, 3.8) is 0 Å². The summed E-state index contributed by atoms with van der Waals surface area (Å²) >= 11 is 12.3. The summed E-state index contributed by atoms with van der Waals surface area (Å²) in [7, 11) is 0. The summed E-state index contributed by atoms with van der Waals surface area (Å²) in [5.74, 6) is 1.76. The van der Waals surface area contributed by atoms with Crippen LogP contribution < -0.4 is 0 Å². The predicted octanol–water partition coefficient (Wildman–Crippen LogP) is 4.01. The van der Waals surface area contributed by atoms with E-state index in [9.17, 15) is 0 Å². The van der Waals surface area contributed by atoms with Crippen LogP contribution in [0.4, 0.5) is 0 Å². The molecule has 4 rings (SSSR count). The lowest BCUT2D eigenvalue weighted by molar-refractivity contribution is 0.859. The van der Waals surface area contributed by atoms with Gasteiger partial charge in [0.15, 0.2) is 11.6 Å². The first-order valence-electron chi connectivity index (χ1n) is 7.17. The summed E-state index contributed by atoms with van der Waals surface area (Å²) in [5, 5.41) is 9.04. The second-order valence-corrected chi connectivity index (χ2v) is 5.90. The van der Waals surface area contributed by atoms with Crippen LogP contribution in [0.15, 0.2) is 53.5 Å². The van der Waals surface area contributed by atoms with Gasteiger partial charge in [-0.05, 0) is 18.2 Å². The summed E-state index contributed by atoms with van der Waals surface area (Å²) in [4.78, 5) is 4.76. The minimum absolute atomic E-state index is 0.287. The van der Waals surface area contributed by atoms with E-state index in [1.54, 1.807) is 0 Å². The Hall–Kier alpha value is -2.17. The number of aliphatic imine (C=N–C) groups is 1. The third kappa shape index (κ3) is 2.44. The Balaban J connectivity index is 2.00. The van der Waals surface area contributed by atoms with Crippen molar-refractivity contribution in [3.8, 4) is 5.69 Å². The molecule has 0 atom stereocenters. The highest BCUT2D eigenvalue weighted by Gasteiger charge is 2.22. The molecule has 0 radical (unpaired) electrons. The Morgan fingerprint density at radius 1 is 1.04 bits per heavy atom.